The van der Waals surface area contributed by atoms with E-state index in [0.717, 1.165) is 16.8 Å². The Labute approximate surface area is 188 Å². The molecule has 0 saturated carbocycles. The van der Waals surface area contributed by atoms with Crippen LogP contribution in [0.3, 0.4) is 0 Å². The summed E-state index contributed by atoms with van der Waals surface area (Å²) in [5.74, 6) is 0.207. The van der Waals surface area contributed by atoms with Gasteiger partial charge in [0.2, 0.25) is 0 Å². The highest BCUT2D eigenvalue weighted by atomic mass is 32.1. The maximum absolute atomic E-state index is 13.5. The largest absolute Gasteiger partial charge is 0.497 e. The van der Waals surface area contributed by atoms with Crippen LogP contribution in [0, 0.1) is 6.92 Å². The molecule has 0 spiro atoms. The molecular formula is C23H24N4O4S. The van der Waals surface area contributed by atoms with Gasteiger partial charge in [-0.05, 0) is 44.5 Å². The third-order valence-corrected chi connectivity index (χ3v) is 6.49. The molecule has 1 aliphatic heterocycles. The lowest BCUT2D eigenvalue weighted by Crippen LogP contribution is -2.39. The van der Waals surface area contributed by atoms with Crippen LogP contribution in [-0.4, -0.2) is 34.0 Å². The van der Waals surface area contributed by atoms with Crippen molar-refractivity contribution < 1.29 is 14.3 Å². The molecule has 9 heteroatoms. The number of rotatable bonds is 5. The summed E-state index contributed by atoms with van der Waals surface area (Å²) in [6.07, 6.45) is 3.55. The number of aromatic nitrogens is 3. The number of carbonyl (C=O) groups excluding carboxylic acids is 1. The molecule has 8 nitrogen and oxygen atoms in total. The molecule has 1 atom stereocenters. The van der Waals surface area contributed by atoms with Crippen molar-refractivity contribution in [2.24, 2.45) is 12.0 Å². The van der Waals surface area contributed by atoms with Crippen molar-refractivity contribution in [3.63, 3.8) is 0 Å². The first kappa shape index (κ1) is 21.8. The molecule has 0 aliphatic carbocycles. The van der Waals surface area contributed by atoms with E-state index in [1.807, 2.05) is 44.3 Å². The second-order valence-corrected chi connectivity index (χ2v) is 8.39. The van der Waals surface area contributed by atoms with Gasteiger partial charge < -0.3 is 9.47 Å². The fraction of sp³-hybridized carbons (Fsp3) is 0.304. The first-order valence-corrected chi connectivity index (χ1v) is 11.0. The summed E-state index contributed by atoms with van der Waals surface area (Å²) >= 11 is 1.29. The molecule has 4 rings (SSSR count). The summed E-state index contributed by atoms with van der Waals surface area (Å²) in [7, 11) is 3.44. The van der Waals surface area contributed by atoms with Gasteiger partial charge in [-0.25, -0.2) is 9.79 Å². The van der Waals surface area contributed by atoms with Gasteiger partial charge in [-0.3, -0.25) is 14.0 Å². The number of methoxy groups -OCH3 is 1. The van der Waals surface area contributed by atoms with Crippen molar-refractivity contribution in [2.75, 3.05) is 13.7 Å². The molecule has 3 aromatic rings. The minimum absolute atomic E-state index is 0.216. The maximum atomic E-state index is 13.5. The Hall–Kier alpha value is -3.46. The Morgan fingerprint density at radius 2 is 1.97 bits per heavy atom. The van der Waals surface area contributed by atoms with Gasteiger partial charge in [0, 0.05) is 18.3 Å². The van der Waals surface area contributed by atoms with Gasteiger partial charge in [0.15, 0.2) is 4.80 Å². The first-order valence-electron chi connectivity index (χ1n) is 10.2. The van der Waals surface area contributed by atoms with Crippen molar-refractivity contribution in [1.29, 1.82) is 0 Å². The summed E-state index contributed by atoms with van der Waals surface area (Å²) in [5.41, 5.74) is 3.26. The Bertz CT molecular complexity index is 1390. The Morgan fingerprint density at radius 3 is 2.56 bits per heavy atom. The van der Waals surface area contributed by atoms with Crippen molar-refractivity contribution in [1.82, 2.24) is 14.3 Å². The van der Waals surface area contributed by atoms with Crippen molar-refractivity contribution in [3.05, 3.63) is 78.2 Å². The first-order chi connectivity index (χ1) is 15.3. The fourth-order valence-corrected chi connectivity index (χ4v) is 4.73. The number of nitrogens with zero attached hydrogens (tertiary/aromatic N) is 4. The van der Waals surface area contributed by atoms with Crippen LogP contribution < -0.4 is 19.6 Å². The highest BCUT2D eigenvalue weighted by molar-refractivity contribution is 7.07. The van der Waals surface area contributed by atoms with E-state index in [1.54, 1.807) is 36.4 Å². The van der Waals surface area contributed by atoms with Crippen LogP contribution >= 0.6 is 11.3 Å². The van der Waals surface area contributed by atoms with Crippen LogP contribution in [0.4, 0.5) is 0 Å². The van der Waals surface area contributed by atoms with Crippen LogP contribution in [0.2, 0.25) is 0 Å². The van der Waals surface area contributed by atoms with E-state index in [4.69, 9.17) is 9.47 Å². The molecular weight excluding hydrogens is 428 g/mol. The zero-order chi connectivity index (χ0) is 23.0. The molecule has 166 valence electrons. The number of benzene rings is 1. The van der Waals surface area contributed by atoms with Crippen LogP contribution in [0.15, 0.2) is 51.5 Å². The van der Waals surface area contributed by atoms with Gasteiger partial charge in [-0.2, -0.15) is 5.10 Å². The van der Waals surface area contributed by atoms with Gasteiger partial charge in [0.1, 0.15) is 5.75 Å². The summed E-state index contributed by atoms with van der Waals surface area (Å²) in [5, 5.41) is 4.25. The molecule has 0 N–H and O–H groups in total. The van der Waals surface area contributed by atoms with Crippen LogP contribution in [0.1, 0.15) is 36.7 Å². The predicted molar refractivity (Wildman–Crippen MR) is 121 cm³/mol. The third kappa shape index (κ3) is 3.69. The Kier molecular flexibility index (Phi) is 5.84. The second kappa shape index (κ2) is 8.58. The summed E-state index contributed by atoms with van der Waals surface area (Å²) < 4.78 is 14.4. The number of allylic oxidation sites excluding steroid dienone is 1. The number of hydrogen-bond acceptors (Lipinski definition) is 7. The van der Waals surface area contributed by atoms with E-state index < -0.39 is 12.0 Å². The molecule has 32 heavy (non-hydrogen) atoms. The van der Waals surface area contributed by atoms with Gasteiger partial charge in [-0.1, -0.05) is 23.5 Å². The minimum atomic E-state index is -0.645. The monoisotopic (exact) mass is 452 g/mol. The molecule has 0 saturated heterocycles. The molecule has 0 radical (unpaired) electrons. The highest BCUT2D eigenvalue weighted by Crippen LogP contribution is 2.31. The van der Waals surface area contributed by atoms with Gasteiger partial charge in [0.05, 0.1) is 41.8 Å². The molecule has 0 unspecified atom stereocenters. The standard InChI is InChI=1S/C23H24N4O4S/c1-6-31-22(29)19-13(2)25-23-27(20(19)15-7-9-17(30-5)10-8-15)21(28)18(32-23)11-16-12-24-26(4)14(16)3/h7-12,20H,6H2,1-5H3/b18-11+/t20-/m1/s1. The van der Waals surface area contributed by atoms with E-state index in [1.165, 1.54) is 11.3 Å². The SMILES string of the molecule is CCOC(=O)C1=C(C)N=c2s/c(=C/c3cnn(C)c3C)c(=O)n2[C@@H]1c1ccc(OC)cc1. The lowest BCUT2D eigenvalue weighted by Gasteiger charge is -2.24. The van der Waals surface area contributed by atoms with E-state index >= 15 is 0 Å². The fourth-order valence-electron chi connectivity index (χ4n) is 3.69. The second-order valence-electron chi connectivity index (χ2n) is 7.38. The molecule has 2 aromatic heterocycles. The van der Waals surface area contributed by atoms with Crippen molar-refractivity contribution in [3.8, 4) is 5.75 Å². The number of fused-ring (bicyclic) bond motifs is 1. The summed E-state index contributed by atoms with van der Waals surface area (Å²) in [6, 6.07) is 6.67. The molecule has 1 aromatic carbocycles. The van der Waals surface area contributed by atoms with Crippen molar-refractivity contribution >= 4 is 23.4 Å². The third-order valence-electron chi connectivity index (χ3n) is 5.51. The topological polar surface area (TPSA) is 87.7 Å². The Morgan fingerprint density at radius 1 is 1.25 bits per heavy atom. The van der Waals surface area contributed by atoms with E-state index in [9.17, 15) is 9.59 Å². The van der Waals surface area contributed by atoms with Gasteiger partial charge in [0.25, 0.3) is 5.56 Å². The van der Waals surface area contributed by atoms with Gasteiger partial charge >= 0.3 is 5.97 Å². The Balaban J connectivity index is 1.95. The minimum Gasteiger partial charge on any atom is -0.497 e. The van der Waals surface area contributed by atoms with Crippen molar-refractivity contribution in [2.45, 2.75) is 26.8 Å². The maximum Gasteiger partial charge on any atom is 0.338 e. The van der Waals surface area contributed by atoms with E-state index in [2.05, 4.69) is 10.1 Å². The lowest BCUT2D eigenvalue weighted by molar-refractivity contribution is -0.139. The number of aryl methyl sites for hydroxylation is 1. The zero-order valence-electron chi connectivity index (χ0n) is 18.6. The average molecular weight is 453 g/mol. The van der Waals surface area contributed by atoms with Crippen LogP contribution in [0.5, 0.6) is 5.75 Å². The zero-order valence-corrected chi connectivity index (χ0v) is 19.4. The predicted octanol–water partition coefficient (Wildman–Crippen LogP) is 1.85. The number of thiazole rings is 1. The molecule has 0 fully saturated rings. The summed E-state index contributed by atoms with van der Waals surface area (Å²) in [6.45, 7) is 5.70. The average Bonchev–Trinajstić information content (AvgIpc) is 3.26. The van der Waals surface area contributed by atoms with Crippen LogP contribution in [0.25, 0.3) is 6.08 Å². The number of carbonyl (C=O) groups is 1. The highest BCUT2D eigenvalue weighted by Gasteiger charge is 2.33. The quantitative estimate of drug-likeness (QED) is 0.552. The smallest absolute Gasteiger partial charge is 0.338 e. The number of hydrogen-bond donors (Lipinski definition) is 0. The van der Waals surface area contributed by atoms with E-state index in [-0.39, 0.29) is 12.2 Å². The van der Waals surface area contributed by atoms with Crippen LogP contribution in [-0.2, 0) is 16.6 Å². The normalized spacial score (nSPS) is 16.0. The molecule has 0 bridgehead atoms. The molecule has 3 heterocycles. The molecule has 0 amide bonds. The van der Waals surface area contributed by atoms with Gasteiger partial charge in [-0.15, -0.1) is 0 Å². The summed E-state index contributed by atoms with van der Waals surface area (Å²) in [4.78, 5) is 31.5. The molecule has 1 aliphatic rings. The number of ether oxygens (including phenoxy) is 2. The number of esters is 1. The lowest BCUT2D eigenvalue weighted by atomic mass is 9.96. The van der Waals surface area contributed by atoms with E-state index in [0.29, 0.717) is 26.4 Å².